The van der Waals surface area contributed by atoms with Gasteiger partial charge in [0.1, 0.15) is 0 Å². The molecule has 0 bridgehead atoms. The average molecular weight is 172 g/mol. The number of rotatable bonds is 3. The summed E-state index contributed by atoms with van der Waals surface area (Å²) in [5.74, 6) is 0. The van der Waals surface area contributed by atoms with Crippen LogP contribution in [0.5, 0.6) is 0 Å². The summed E-state index contributed by atoms with van der Waals surface area (Å²) in [5.41, 5.74) is 0. The zero-order valence-corrected chi connectivity index (χ0v) is 8.42. The van der Waals surface area contributed by atoms with Gasteiger partial charge in [-0.2, -0.15) is 0 Å². The molecule has 0 aliphatic carbocycles. The highest BCUT2D eigenvalue weighted by molar-refractivity contribution is 4.73. The first-order valence-electron chi connectivity index (χ1n) is 4.65. The molecule has 3 nitrogen and oxygen atoms in total. The number of piperazine rings is 1. The Morgan fingerprint density at radius 2 is 1.83 bits per heavy atom. The van der Waals surface area contributed by atoms with E-state index in [0.29, 0.717) is 6.04 Å². The van der Waals surface area contributed by atoms with Crippen LogP contribution < -0.4 is 0 Å². The third kappa shape index (κ3) is 2.73. The van der Waals surface area contributed by atoms with E-state index in [1.807, 2.05) is 0 Å². The zero-order chi connectivity index (χ0) is 8.97. The highest BCUT2D eigenvalue weighted by Gasteiger charge is 2.18. The van der Waals surface area contributed by atoms with E-state index in [1.54, 1.807) is 7.11 Å². The summed E-state index contributed by atoms with van der Waals surface area (Å²) in [5, 5.41) is 0. The average Bonchev–Trinajstić information content (AvgIpc) is 2.06. The number of methoxy groups -OCH3 is 1. The first kappa shape index (κ1) is 9.96. The number of nitrogens with zero attached hydrogens (tertiary/aromatic N) is 2. The van der Waals surface area contributed by atoms with E-state index in [-0.39, 0.29) is 0 Å². The van der Waals surface area contributed by atoms with Crippen molar-refractivity contribution in [3.05, 3.63) is 0 Å². The molecule has 1 fully saturated rings. The minimum Gasteiger partial charge on any atom is -0.383 e. The lowest BCUT2D eigenvalue weighted by atomic mass is 10.2. The third-order valence-corrected chi connectivity index (χ3v) is 2.57. The van der Waals surface area contributed by atoms with E-state index in [1.165, 1.54) is 26.2 Å². The summed E-state index contributed by atoms with van der Waals surface area (Å²) >= 11 is 0. The van der Waals surface area contributed by atoms with E-state index in [2.05, 4.69) is 23.8 Å². The Kier molecular flexibility index (Phi) is 3.98. The normalized spacial score (nSPS) is 24.2. The van der Waals surface area contributed by atoms with Crippen LogP contribution in [0.1, 0.15) is 6.92 Å². The smallest absolute Gasteiger partial charge is 0.0615 e. The molecular weight excluding hydrogens is 152 g/mol. The summed E-state index contributed by atoms with van der Waals surface area (Å²) in [6.45, 7) is 7.82. The Hall–Kier alpha value is -0.120. The molecule has 0 amide bonds. The van der Waals surface area contributed by atoms with Crippen molar-refractivity contribution in [2.75, 3.05) is 46.9 Å². The van der Waals surface area contributed by atoms with Crippen LogP contribution in [-0.2, 0) is 4.74 Å². The first-order valence-corrected chi connectivity index (χ1v) is 4.65. The molecule has 12 heavy (non-hydrogen) atoms. The lowest BCUT2D eigenvalue weighted by Gasteiger charge is -2.36. The van der Waals surface area contributed by atoms with Crippen molar-refractivity contribution < 1.29 is 4.74 Å². The van der Waals surface area contributed by atoms with Gasteiger partial charge in [0.25, 0.3) is 0 Å². The van der Waals surface area contributed by atoms with Gasteiger partial charge >= 0.3 is 0 Å². The van der Waals surface area contributed by atoms with Crippen LogP contribution in [-0.4, -0.2) is 62.8 Å². The predicted octanol–water partition coefficient (Wildman–Crippen LogP) is 0.269. The highest BCUT2D eigenvalue weighted by atomic mass is 16.5. The Bertz CT molecular complexity index is 122. The summed E-state index contributed by atoms with van der Waals surface area (Å²) in [4.78, 5) is 4.86. The van der Waals surface area contributed by atoms with Gasteiger partial charge in [-0.05, 0) is 14.0 Å². The Labute approximate surface area is 75.3 Å². The third-order valence-electron chi connectivity index (χ3n) is 2.57. The topological polar surface area (TPSA) is 15.7 Å². The van der Waals surface area contributed by atoms with Crippen molar-refractivity contribution in [2.24, 2.45) is 0 Å². The molecule has 0 N–H and O–H groups in total. The minimum absolute atomic E-state index is 0.573. The van der Waals surface area contributed by atoms with Gasteiger partial charge in [0, 0.05) is 39.3 Å². The molecule has 1 aliphatic rings. The second-order valence-corrected chi connectivity index (χ2v) is 3.64. The van der Waals surface area contributed by atoms with Crippen LogP contribution in [0.3, 0.4) is 0 Å². The molecule has 0 saturated carbocycles. The molecule has 1 atom stereocenters. The summed E-state index contributed by atoms with van der Waals surface area (Å²) in [6, 6.07) is 0.573. The van der Waals surface area contributed by atoms with Crippen LogP contribution in [0.4, 0.5) is 0 Å². The maximum atomic E-state index is 5.13. The number of ether oxygens (including phenoxy) is 1. The first-order chi connectivity index (χ1) is 5.74. The monoisotopic (exact) mass is 172 g/mol. The molecule has 72 valence electrons. The van der Waals surface area contributed by atoms with Gasteiger partial charge in [-0.3, -0.25) is 4.90 Å². The Balaban J connectivity index is 2.24. The molecule has 1 aliphatic heterocycles. The van der Waals surface area contributed by atoms with Gasteiger partial charge in [-0.15, -0.1) is 0 Å². The molecule has 0 spiro atoms. The maximum Gasteiger partial charge on any atom is 0.0615 e. The molecule has 3 heteroatoms. The fourth-order valence-corrected chi connectivity index (χ4v) is 1.61. The van der Waals surface area contributed by atoms with E-state index in [9.17, 15) is 0 Å². The SMILES string of the molecule is COCC(C)N1CCN(C)CC1. The number of hydrogen-bond acceptors (Lipinski definition) is 3. The fourth-order valence-electron chi connectivity index (χ4n) is 1.61. The quantitative estimate of drug-likeness (QED) is 0.607. The van der Waals surface area contributed by atoms with Gasteiger partial charge in [-0.1, -0.05) is 0 Å². The van der Waals surface area contributed by atoms with Crippen molar-refractivity contribution in [3.8, 4) is 0 Å². The van der Waals surface area contributed by atoms with Crippen LogP contribution in [0, 0.1) is 0 Å². The number of likely N-dealkylation sites (N-methyl/N-ethyl adjacent to an activating group) is 1. The minimum atomic E-state index is 0.573. The molecule has 0 aromatic heterocycles. The second kappa shape index (κ2) is 4.80. The Morgan fingerprint density at radius 1 is 1.25 bits per heavy atom. The van der Waals surface area contributed by atoms with Crippen molar-refractivity contribution >= 4 is 0 Å². The zero-order valence-electron chi connectivity index (χ0n) is 8.42. The second-order valence-electron chi connectivity index (χ2n) is 3.64. The molecule has 1 heterocycles. The number of hydrogen-bond donors (Lipinski definition) is 0. The standard InChI is InChI=1S/C9H20N2O/c1-9(8-12-3)11-6-4-10(2)5-7-11/h9H,4-8H2,1-3H3. The van der Waals surface area contributed by atoms with Crippen LogP contribution in [0.2, 0.25) is 0 Å². The molecular formula is C9H20N2O. The Morgan fingerprint density at radius 3 is 2.33 bits per heavy atom. The van der Waals surface area contributed by atoms with Crippen molar-refractivity contribution in [1.82, 2.24) is 9.80 Å². The van der Waals surface area contributed by atoms with Gasteiger partial charge in [-0.25, -0.2) is 0 Å². The van der Waals surface area contributed by atoms with E-state index < -0.39 is 0 Å². The summed E-state index contributed by atoms with van der Waals surface area (Å²) in [6.07, 6.45) is 0. The van der Waals surface area contributed by atoms with Crippen LogP contribution in [0.25, 0.3) is 0 Å². The lowest BCUT2D eigenvalue weighted by molar-refractivity contribution is 0.0650. The van der Waals surface area contributed by atoms with E-state index >= 15 is 0 Å². The van der Waals surface area contributed by atoms with Crippen LogP contribution >= 0.6 is 0 Å². The van der Waals surface area contributed by atoms with Crippen molar-refractivity contribution in [3.63, 3.8) is 0 Å². The van der Waals surface area contributed by atoms with E-state index in [0.717, 1.165) is 6.61 Å². The van der Waals surface area contributed by atoms with Gasteiger partial charge < -0.3 is 9.64 Å². The molecule has 0 radical (unpaired) electrons. The van der Waals surface area contributed by atoms with E-state index in [4.69, 9.17) is 4.74 Å². The summed E-state index contributed by atoms with van der Waals surface area (Å²) < 4.78 is 5.13. The van der Waals surface area contributed by atoms with Crippen molar-refractivity contribution in [1.29, 1.82) is 0 Å². The highest BCUT2D eigenvalue weighted by Crippen LogP contribution is 2.04. The van der Waals surface area contributed by atoms with Crippen LogP contribution in [0.15, 0.2) is 0 Å². The van der Waals surface area contributed by atoms with Gasteiger partial charge in [0.2, 0.25) is 0 Å². The predicted molar refractivity (Wildman–Crippen MR) is 50.4 cm³/mol. The molecule has 0 aromatic rings. The van der Waals surface area contributed by atoms with Crippen molar-refractivity contribution in [2.45, 2.75) is 13.0 Å². The fraction of sp³-hybridized carbons (Fsp3) is 1.00. The largest absolute Gasteiger partial charge is 0.383 e. The molecule has 1 unspecified atom stereocenters. The molecule has 1 saturated heterocycles. The lowest BCUT2D eigenvalue weighted by Crippen LogP contribution is -2.49. The molecule has 0 aromatic carbocycles. The van der Waals surface area contributed by atoms with Gasteiger partial charge in [0.05, 0.1) is 6.61 Å². The van der Waals surface area contributed by atoms with Gasteiger partial charge in [0.15, 0.2) is 0 Å². The maximum absolute atomic E-state index is 5.13. The summed E-state index contributed by atoms with van der Waals surface area (Å²) in [7, 11) is 3.95. The molecule has 1 rings (SSSR count).